The van der Waals surface area contributed by atoms with Crippen LogP contribution in [0, 0.1) is 6.92 Å². The summed E-state index contributed by atoms with van der Waals surface area (Å²) in [6, 6.07) is 19.6. The van der Waals surface area contributed by atoms with Gasteiger partial charge in [0, 0.05) is 40.5 Å². The second kappa shape index (κ2) is 15.7. The van der Waals surface area contributed by atoms with Crippen molar-refractivity contribution < 1.29 is 36.8 Å². The molecular weight excluding hydrogens is 632 g/mol. The van der Waals surface area contributed by atoms with Crippen LogP contribution in [0.15, 0.2) is 65.6 Å². The number of fused-ring (bicyclic) bond motifs is 3. The first-order valence-electron chi connectivity index (χ1n) is 16.8. The van der Waals surface area contributed by atoms with Crippen LogP contribution in [0.5, 0.6) is 5.75 Å². The van der Waals surface area contributed by atoms with E-state index in [0.717, 1.165) is 59.6 Å². The normalized spacial score (nSPS) is 21.1. The van der Waals surface area contributed by atoms with Gasteiger partial charge in [-0.15, -0.1) is 0 Å². The summed E-state index contributed by atoms with van der Waals surface area (Å²) in [5.74, 6) is 0.860. The summed E-state index contributed by atoms with van der Waals surface area (Å²) in [6.45, 7) is 7.87. The van der Waals surface area contributed by atoms with E-state index in [1.54, 1.807) is 30.7 Å². The molecule has 1 saturated heterocycles. The number of benzene rings is 3. The van der Waals surface area contributed by atoms with Gasteiger partial charge in [0.1, 0.15) is 24.1 Å². The van der Waals surface area contributed by atoms with Gasteiger partial charge < -0.3 is 33.3 Å². The minimum Gasteiger partial charge on any atom is -0.490 e. The summed E-state index contributed by atoms with van der Waals surface area (Å²) < 4.78 is 65.0. The van der Waals surface area contributed by atoms with E-state index < -0.39 is 21.7 Å². The minimum atomic E-state index is -3.74. The lowest BCUT2D eigenvalue weighted by molar-refractivity contribution is -0.185. The Balaban J connectivity index is 1.28. The van der Waals surface area contributed by atoms with Crippen LogP contribution in [0.25, 0.3) is 0 Å². The predicted octanol–water partition coefficient (Wildman–Crippen LogP) is 4.84. The number of rotatable bonds is 14. The number of aryl methyl sites for hydroxylation is 1. The van der Waals surface area contributed by atoms with E-state index in [4.69, 9.17) is 28.4 Å². The first-order chi connectivity index (χ1) is 23.3. The summed E-state index contributed by atoms with van der Waals surface area (Å²) in [7, 11) is -0.356. The molecular formula is C37H48N2O8S. The molecule has 1 spiro atoms. The van der Waals surface area contributed by atoms with Crippen LogP contribution in [0.2, 0.25) is 0 Å². The molecule has 2 atom stereocenters. The van der Waals surface area contributed by atoms with E-state index in [1.165, 1.54) is 5.56 Å². The van der Waals surface area contributed by atoms with Gasteiger partial charge in [0.15, 0.2) is 0 Å². The van der Waals surface area contributed by atoms with Crippen molar-refractivity contribution in [3.8, 4) is 5.75 Å². The number of ether oxygens (including phenoxy) is 6. The first-order valence-corrected chi connectivity index (χ1v) is 18.3. The Morgan fingerprint density at radius 3 is 2.50 bits per heavy atom. The van der Waals surface area contributed by atoms with Gasteiger partial charge in [0.05, 0.1) is 50.2 Å². The number of sulfonamides is 1. The molecule has 0 unspecified atom stereocenters. The Morgan fingerprint density at radius 1 is 0.896 bits per heavy atom. The molecule has 6 rings (SSSR count). The Labute approximate surface area is 284 Å². The Morgan fingerprint density at radius 2 is 1.69 bits per heavy atom. The quantitative estimate of drug-likeness (QED) is 0.222. The summed E-state index contributed by atoms with van der Waals surface area (Å²) in [5.41, 5.74) is 5.60. The van der Waals surface area contributed by atoms with Gasteiger partial charge in [-0.1, -0.05) is 42.0 Å². The van der Waals surface area contributed by atoms with Gasteiger partial charge in [0.25, 0.3) is 0 Å². The maximum atomic E-state index is 13.9. The van der Waals surface area contributed by atoms with Gasteiger partial charge in [-0.2, -0.15) is 4.31 Å². The summed E-state index contributed by atoms with van der Waals surface area (Å²) in [5, 5.41) is 0. The SMILES string of the molecule is COCCCN1CCOc2ccc(CO[C@H]3CN(S(=O)(=O)c4ccc(C)cc4)CC[C@@]34OCCc3cc(COCCOC)ccc34)cc21. The molecule has 260 valence electrons. The molecule has 1 fully saturated rings. The lowest BCUT2D eigenvalue weighted by Crippen LogP contribution is -2.58. The van der Waals surface area contributed by atoms with E-state index in [0.29, 0.717) is 59.2 Å². The second-order valence-electron chi connectivity index (χ2n) is 12.7. The molecule has 3 heterocycles. The molecule has 0 radical (unpaired) electrons. The van der Waals surface area contributed by atoms with Gasteiger partial charge in [-0.3, -0.25) is 0 Å². The standard InChI is InChI=1S/C37H48N2O8S/c1-28-5-9-32(10-6-28)48(40,41)39-16-14-37(33-11-7-29(26-44-22-21-43-3)23-31(33)13-19-47-37)36(25-39)46-27-30-8-12-35-34(24-30)38(17-20-45-35)15-4-18-42-2/h5-12,23-24,36H,4,13-22,25-27H2,1-3H3/t36-,37-/m0/s1. The number of methoxy groups -OCH3 is 2. The van der Waals surface area contributed by atoms with Gasteiger partial charge in [-0.25, -0.2) is 8.42 Å². The van der Waals surface area contributed by atoms with Crippen LogP contribution >= 0.6 is 0 Å². The highest BCUT2D eigenvalue weighted by Gasteiger charge is 2.51. The lowest BCUT2D eigenvalue weighted by atomic mass is 9.77. The highest BCUT2D eigenvalue weighted by atomic mass is 32.2. The zero-order valence-electron chi connectivity index (χ0n) is 28.3. The fraction of sp³-hybridized carbons (Fsp3) is 0.514. The Bertz CT molecular complexity index is 1630. The fourth-order valence-electron chi connectivity index (χ4n) is 6.96. The largest absolute Gasteiger partial charge is 0.490 e. The zero-order valence-corrected chi connectivity index (χ0v) is 29.1. The molecule has 11 heteroatoms. The van der Waals surface area contributed by atoms with Crippen molar-refractivity contribution in [2.24, 2.45) is 0 Å². The van der Waals surface area contributed by atoms with Crippen molar-refractivity contribution in [3.05, 3.63) is 88.5 Å². The minimum absolute atomic E-state index is 0.175. The molecule has 0 bridgehead atoms. The lowest BCUT2D eigenvalue weighted by Gasteiger charge is -2.49. The van der Waals surface area contributed by atoms with Crippen molar-refractivity contribution in [2.45, 2.75) is 56.0 Å². The van der Waals surface area contributed by atoms with Crippen molar-refractivity contribution in [2.75, 3.05) is 78.3 Å². The molecule has 3 aromatic rings. The van der Waals surface area contributed by atoms with Gasteiger partial charge >= 0.3 is 0 Å². The average molecular weight is 681 g/mol. The Hall–Kier alpha value is -3.03. The van der Waals surface area contributed by atoms with Crippen molar-refractivity contribution in [1.29, 1.82) is 0 Å². The number of hydrogen-bond acceptors (Lipinski definition) is 9. The van der Waals surface area contributed by atoms with E-state index >= 15 is 0 Å². The third-order valence-electron chi connectivity index (χ3n) is 9.55. The highest BCUT2D eigenvalue weighted by Crippen LogP contribution is 2.45. The molecule has 48 heavy (non-hydrogen) atoms. The van der Waals surface area contributed by atoms with Crippen LogP contribution < -0.4 is 9.64 Å². The van der Waals surface area contributed by atoms with Crippen LogP contribution in [0.3, 0.4) is 0 Å². The maximum Gasteiger partial charge on any atom is 0.243 e. The number of piperidine rings is 1. The molecule has 10 nitrogen and oxygen atoms in total. The van der Waals surface area contributed by atoms with Crippen LogP contribution in [0.1, 0.15) is 40.7 Å². The summed E-state index contributed by atoms with van der Waals surface area (Å²) in [4.78, 5) is 2.62. The summed E-state index contributed by atoms with van der Waals surface area (Å²) >= 11 is 0. The molecule has 3 aliphatic rings. The van der Waals surface area contributed by atoms with Crippen LogP contribution in [0.4, 0.5) is 5.69 Å². The predicted molar refractivity (Wildman–Crippen MR) is 183 cm³/mol. The number of nitrogens with zero attached hydrogens (tertiary/aromatic N) is 2. The zero-order chi connectivity index (χ0) is 33.6. The van der Waals surface area contributed by atoms with Crippen LogP contribution in [-0.4, -0.2) is 92.3 Å². The molecule has 0 amide bonds. The highest BCUT2D eigenvalue weighted by molar-refractivity contribution is 7.89. The molecule has 0 aliphatic carbocycles. The fourth-order valence-corrected chi connectivity index (χ4v) is 8.40. The Kier molecular flexibility index (Phi) is 11.4. The second-order valence-corrected chi connectivity index (χ2v) is 14.7. The van der Waals surface area contributed by atoms with Crippen molar-refractivity contribution in [3.63, 3.8) is 0 Å². The smallest absolute Gasteiger partial charge is 0.243 e. The van der Waals surface area contributed by atoms with Gasteiger partial charge in [0.2, 0.25) is 10.0 Å². The molecule has 3 aromatic carbocycles. The third-order valence-corrected chi connectivity index (χ3v) is 11.4. The average Bonchev–Trinajstić information content (AvgIpc) is 3.10. The molecule has 0 saturated carbocycles. The van der Waals surface area contributed by atoms with E-state index in [1.807, 2.05) is 31.2 Å². The van der Waals surface area contributed by atoms with E-state index in [-0.39, 0.29) is 11.4 Å². The third kappa shape index (κ3) is 7.57. The molecule has 0 N–H and O–H groups in total. The molecule has 0 aromatic heterocycles. The molecule has 3 aliphatic heterocycles. The maximum absolute atomic E-state index is 13.9. The van der Waals surface area contributed by atoms with E-state index in [2.05, 4.69) is 29.2 Å². The van der Waals surface area contributed by atoms with E-state index in [9.17, 15) is 8.42 Å². The topological polar surface area (TPSA) is 96.0 Å². The van der Waals surface area contributed by atoms with Crippen molar-refractivity contribution >= 4 is 15.7 Å². The van der Waals surface area contributed by atoms with Crippen LogP contribution in [-0.2, 0) is 58.9 Å². The monoisotopic (exact) mass is 680 g/mol. The van der Waals surface area contributed by atoms with Gasteiger partial charge in [-0.05, 0) is 72.7 Å². The first kappa shape index (κ1) is 34.8. The number of hydrogen-bond donors (Lipinski definition) is 0. The number of anilines is 1. The van der Waals surface area contributed by atoms with Crippen molar-refractivity contribution in [1.82, 2.24) is 4.31 Å². The summed E-state index contributed by atoms with van der Waals surface area (Å²) in [6.07, 6.45) is 1.62.